The lowest BCUT2D eigenvalue weighted by atomic mass is 9.90. The van der Waals surface area contributed by atoms with Crippen molar-refractivity contribution in [3.8, 4) is 0 Å². The number of benzene rings is 4. The number of nitrogens with one attached hydrogen (secondary N) is 8. The maximum Gasteiger partial charge on any atom is 0.408 e. The fraction of sp³-hybridized carbons (Fsp3) is 0.429. The Balaban J connectivity index is 1.47. The first-order valence-corrected chi connectivity index (χ1v) is 25.6. The van der Waals surface area contributed by atoms with Crippen LogP contribution < -0.4 is 42.5 Å². The van der Waals surface area contributed by atoms with Crippen molar-refractivity contribution in [2.24, 2.45) is 11.8 Å². The van der Waals surface area contributed by atoms with Gasteiger partial charge in [-0.05, 0) is 60.8 Å². The number of hydrogen-bond donors (Lipinski definition) is 12. The van der Waals surface area contributed by atoms with E-state index in [2.05, 4.69) is 42.5 Å². The van der Waals surface area contributed by atoms with Crippen LogP contribution in [0.2, 0.25) is 0 Å². The predicted octanol–water partition coefficient (Wildman–Crippen LogP) is 1.03. The molecule has 0 radical (unpaired) electrons. The van der Waals surface area contributed by atoms with Crippen LogP contribution in [0, 0.1) is 11.8 Å². The highest BCUT2D eigenvalue weighted by molar-refractivity contribution is 5.95. The van der Waals surface area contributed by atoms with Crippen LogP contribution in [0.4, 0.5) is 9.59 Å². The molecule has 22 nitrogen and oxygen atoms in total. The van der Waals surface area contributed by atoms with Crippen molar-refractivity contribution in [2.45, 2.75) is 128 Å². The SMILES string of the molecule is CC(C)[C@H](NC(=O)[C@H](C)NC(=O)[C@H](CO)NC(=O)OCc1ccccc1)C(=O)N[C@@H](Cc1ccccc1)[C@@H](O)[C@H](O)[C@H](Cc1ccccc1)NC(=O)[C@@H](NC(=O)[C@H](C)NC(=O)[C@H](CO)NC(=O)OCc1ccccc1)C(C)C. The Hall–Kier alpha value is -7.92. The molecule has 22 heteroatoms. The zero-order chi connectivity index (χ0) is 57.3. The van der Waals surface area contributed by atoms with Crippen molar-refractivity contribution in [1.29, 1.82) is 0 Å². The van der Waals surface area contributed by atoms with Crippen molar-refractivity contribution in [2.75, 3.05) is 13.2 Å². The van der Waals surface area contributed by atoms with E-state index in [1.54, 1.807) is 149 Å². The average molecular weight is 1080 g/mol. The van der Waals surface area contributed by atoms with E-state index in [0.717, 1.165) is 0 Å². The van der Waals surface area contributed by atoms with E-state index in [-0.39, 0.29) is 26.1 Å². The van der Waals surface area contributed by atoms with Gasteiger partial charge in [-0.15, -0.1) is 0 Å². The van der Waals surface area contributed by atoms with Gasteiger partial charge >= 0.3 is 12.2 Å². The van der Waals surface area contributed by atoms with Gasteiger partial charge in [0.25, 0.3) is 0 Å². The van der Waals surface area contributed by atoms with Crippen molar-refractivity contribution in [3.63, 3.8) is 0 Å². The number of rotatable bonds is 29. The highest BCUT2D eigenvalue weighted by Crippen LogP contribution is 2.17. The number of carbonyl (C=O) groups is 8. The summed E-state index contributed by atoms with van der Waals surface area (Å²) in [7, 11) is 0. The summed E-state index contributed by atoms with van der Waals surface area (Å²) in [6, 6.07) is 24.4. The number of hydrogen-bond acceptors (Lipinski definition) is 14. The molecule has 0 heterocycles. The lowest BCUT2D eigenvalue weighted by molar-refractivity contribution is -0.135. The number of alkyl carbamates (subject to hydrolysis) is 2. The van der Waals surface area contributed by atoms with E-state index in [0.29, 0.717) is 22.3 Å². The molecule has 0 aliphatic rings. The van der Waals surface area contributed by atoms with Gasteiger partial charge in [0.05, 0.1) is 25.3 Å². The summed E-state index contributed by atoms with van der Waals surface area (Å²) in [5.74, 6) is -6.13. The summed E-state index contributed by atoms with van der Waals surface area (Å²) in [4.78, 5) is 107. The number of amides is 8. The molecule has 422 valence electrons. The van der Waals surface area contributed by atoms with Gasteiger partial charge in [0.15, 0.2) is 0 Å². The first-order valence-electron chi connectivity index (χ1n) is 25.6. The molecular formula is C56H74N8O14. The highest BCUT2D eigenvalue weighted by Gasteiger charge is 2.38. The Bertz CT molecular complexity index is 2370. The van der Waals surface area contributed by atoms with E-state index in [1.807, 2.05) is 0 Å². The molecular weight excluding hydrogens is 1010 g/mol. The van der Waals surface area contributed by atoms with E-state index in [9.17, 15) is 58.8 Å². The highest BCUT2D eigenvalue weighted by atomic mass is 16.6. The summed E-state index contributed by atoms with van der Waals surface area (Å²) in [6.07, 6.45) is -5.65. The minimum absolute atomic E-state index is 0.0405. The molecule has 0 aliphatic heterocycles. The number of ether oxygens (including phenoxy) is 2. The van der Waals surface area contributed by atoms with Gasteiger partial charge in [0.2, 0.25) is 35.4 Å². The molecule has 78 heavy (non-hydrogen) atoms. The minimum atomic E-state index is -1.79. The number of aliphatic hydroxyl groups is 4. The second-order valence-corrected chi connectivity index (χ2v) is 19.4. The zero-order valence-corrected chi connectivity index (χ0v) is 44.6. The fourth-order valence-electron chi connectivity index (χ4n) is 7.86. The largest absolute Gasteiger partial charge is 0.445 e. The van der Waals surface area contributed by atoms with Crippen LogP contribution in [0.5, 0.6) is 0 Å². The monoisotopic (exact) mass is 1080 g/mol. The quantitative estimate of drug-likeness (QED) is 0.0362. The molecule has 0 saturated heterocycles. The molecule has 0 spiro atoms. The maximum absolute atomic E-state index is 14.3. The summed E-state index contributed by atoms with van der Waals surface area (Å²) >= 11 is 0. The molecule has 8 amide bonds. The Labute approximate surface area is 453 Å². The molecule has 4 aromatic rings. The lowest BCUT2D eigenvalue weighted by Gasteiger charge is -2.35. The summed E-state index contributed by atoms with van der Waals surface area (Å²) < 4.78 is 10.3. The van der Waals surface area contributed by atoms with Gasteiger partial charge in [-0.25, -0.2) is 9.59 Å². The molecule has 0 aromatic heterocycles. The molecule has 0 saturated carbocycles. The van der Waals surface area contributed by atoms with Gasteiger partial charge < -0.3 is 72.4 Å². The van der Waals surface area contributed by atoms with Crippen molar-refractivity contribution in [3.05, 3.63) is 144 Å². The molecule has 4 aromatic carbocycles. The van der Waals surface area contributed by atoms with E-state index in [1.165, 1.54) is 13.8 Å². The summed E-state index contributed by atoms with van der Waals surface area (Å²) in [5.41, 5.74) is 2.65. The first kappa shape index (κ1) is 62.6. The van der Waals surface area contributed by atoms with Crippen LogP contribution in [0.15, 0.2) is 121 Å². The predicted molar refractivity (Wildman–Crippen MR) is 286 cm³/mol. The van der Waals surface area contributed by atoms with Gasteiger partial charge in [-0.2, -0.15) is 0 Å². The van der Waals surface area contributed by atoms with Crippen LogP contribution >= 0.6 is 0 Å². The topological polar surface area (TPSA) is 332 Å². The number of carbonyl (C=O) groups excluding carboxylic acids is 8. The fourth-order valence-corrected chi connectivity index (χ4v) is 7.86. The van der Waals surface area contributed by atoms with Crippen LogP contribution in [0.25, 0.3) is 0 Å². The second kappa shape index (κ2) is 32.0. The standard InChI is InChI=1S/C56H74N8O14/c1-33(2)45(63-49(69)35(5)57-51(71)43(29-65)61-55(75)77-31-39-23-15-9-16-24-39)53(73)59-41(27-37-19-11-7-12-20-37)47(67)48(68)42(28-38-21-13-8-14-22-38)60-54(74)46(34(3)4)64-50(70)36(6)58-52(72)44(30-66)62-56(76)78-32-40-25-17-10-18-26-40/h7-26,33-36,41-48,65-68H,27-32H2,1-6H3,(H,57,71)(H,58,72)(H,59,73)(H,60,74)(H,61,75)(H,62,76)(H,63,69)(H,64,70)/t35-,36-,41-,42-,43-,44-,45-,46-,47+,48+/m0/s1. The molecule has 0 bridgehead atoms. The Morgan fingerprint density at radius 3 is 0.962 bits per heavy atom. The number of aliphatic hydroxyl groups excluding tert-OH is 4. The van der Waals surface area contributed by atoms with Crippen molar-refractivity contribution in [1.82, 2.24) is 42.5 Å². The van der Waals surface area contributed by atoms with Crippen LogP contribution in [-0.4, -0.2) is 142 Å². The lowest BCUT2D eigenvalue weighted by Crippen LogP contribution is -2.62. The normalized spacial score (nSPS) is 15.0. The van der Waals surface area contributed by atoms with E-state index >= 15 is 0 Å². The van der Waals surface area contributed by atoms with Crippen LogP contribution in [0.1, 0.15) is 63.8 Å². The van der Waals surface area contributed by atoms with Crippen LogP contribution in [0.3, 0.4) is 0 Å². The average Bonchev–Trinajstić information content (AvgIpc) is 3.43. The molecule has 10 atom stereocenters. The second-order valence-electron chi connectivity index (χ2n) is 19.4. The minimum Gasteiger partial charge on any atom is -0.445 e. The molecule has 0 aliphatic carbocycles. The molecule has 12 N–H and O–H groups in total. The first-order chi connectivity index (χ1) is 37.2. The third kappa shape index (κ3) is 20.6. The van der Waals surface area contributed by atoms with Gasteiger partial charge in [-0.1, -0.05) is 149 Å². The van der Waals surface area contributed by atoms with Gasteiger partial charge in [0.1, 0.15) is 61.7 Å². The smallest absolute Gasteiger partial charge is 0.408 e. The van der Waals surface area contributed by atoms with Gasteiger partial charge in [0, 0.05) is 0 Å². The van der Waals surface area contributed by atoms with Gasteiger partial charge in [-0.3, -0.25) is 28.8 Å². The summed E-state index contributed by atoms with van der Waals surface area (Å²) in [5, 5.41) is 64.3. The van der Waals surface area contributed by atoms with Crippen LogP contribution in [-0.2, 0) is 64.3 Å². The molecule has 0 fully saturated rings. The van der Waals surface area contributed by atoms with Crippen molar-refractivity contribution >= 4 is 47.6 Å². The third-order valence-corrected chi connectivity index (χ3v) is 12.4. The Kier molecular flexibility index (Phi) is 25.7. The van der Waals surface area contributed by atoms with Crippen molar-refractivity contribution < 1.29 is 68.3 Å². The Morgan fingerprint density at radius 1 is 0.385 bits per heavy atom. The molecule has 0 unspecified atom stereocenters. The zero-order valence-electron chi connectivity index (χ0n) is 44.6. The molecule has 4 rings (SSSR count). The van der Waals surface area contributed by atoms with E-state index in [4.69, 9.17) is 9.47 Å². The summed E-state index contributed by atoms with van der Waals surface area (Å²) in [6.45, 7) is 7.41. The maximum atomic E-state index is 14.3. The van der Waals surface area contributed by atoms with E-state index < -0.39 is 133 Å². The Morgan fingerprint density at radius 2 is 0.679 bits per heavy atom. The third-order valence-electron chi connectivity index (χ3n) is 12.4.